The van der Waals surface area contributed by atoms with Gasteiger partial charge in [0, 0.05) is 10.9 Å². The number of ether oxygens (including phenoxy) is 1. The highest BCUT2D eigenvalue weighted by atomic mass is 35.5. The van der Waals surface area contributed by atoms with Crippen LogP contribution < -0.4 is 4.74 Å². The van der Waals surface area contributed by atoms with Crippen LogP contribution in [0.25, 0.3) is 6.08 Å². The van der Waals surface area contributed by atoms with E-state index in [0.717, 1.165) is 12.8 Å². The SMILES string of the molecule is O=C(/C=C/c1ccc(COc2ccc(Cl)cc2Cl)o1)C1CC1. The number of hydrogen-bond donors (Lipinski definition) is 0. The lowest BCUT2D eigenvalue weighted by Gasteiger charge is -2.06. The molecule has 1 aliphatic carbocycles. The molecule has 2 aromatic rings. The summed E-state index contributed by atoms with van der Waals surface area (Å²) in [5.41, 5.74) is 0. The fraction of sp³-hybridized carbons (Fsp3) is 0.235. The Morgan fingerprint density at radius 3 is 2.82 bits per heavy atom. The van der Waals surface area contributed by atoms with Gasteiger partial charge in [0.15, 0.2) is 5.78 Å². The summed E-state index contributed by atoms with van der Waals surface area (Å²) in [5.74, 6) is 2.23. The van der Waals surface area contributed by atoms with Crippen molar-refractivity contribution in [1.82, 2.24) is 0 Å². The van der Waals surface area contributed by atoms with E-state index < -0.39 is 0 Å². The van der Waals surface area contributed by atoms with E-state index in [0.29, 0.717) is 27.3 Å². The molecule has 0 amide bonds. The smallest absolute Gasteiger partial charge is 0.158 e. The van der Waals surface area contributed by atoms with E-state index in [1.165, 1.54) is 0 Å². The van der Waals surface area contributed by atoms with Crippen molar-refractivity contribution in [3.8, 4) is 5.75 Å². The third-order valence-corrected chi connectivity index (χ3v) is 3.87. The molecule has 1 aromatic heterocycles. The quantitative estimate of drug-likeness (QED) is 0.684. The van der Waals surface area contributed by atoms with E-state index >= 15 is 0 Å². The van der Waals surface area contributed by atoms with Crippen LogP contribution in [0.4, 0.5) is 0 Å². The van der Waals surface area contributed by atoms with Crippen LogP contribution >= 0.6 is 23.2 Å². The summed E-state index contributed by atoms with van der Waals surface area (Å²) >= 11 is 11.9. The summed E-state index contributed by atoms with van der Waals surface area (Å²) in [6, 6.07) is 8.66. The van der Waals surface area contributed by atoms with E-state index in [1.807, 2.05) is 6.07 Å². The van der Waals surface area contributed by atoms with E-state index in [9.17, 15) is 4.79 Å². The lowest BCUT2D eigenvalue weighted by atomic mass is 10.2. The number of rotatable bonds is 6. The minimum Gasteiger partial charge on any atom is -0.484 e. The Bertz CT molecular complexity index is 714. The lowest BCUT2D eigenvalue weighted by Crippen LogP contribution is -1.94. The van der Waals surface area contributed by atoms with E-state index in [-0.39, 0.29) is 18.3 Å². The topological polar surface area (TPSA) is 39.4 Å². The summed E-state index contributed by atoms with van der Waals surface area (Å²) in [5, 5.41) is 1.01. The van der Waals surface area contributed by atoms with Gasteiger partial charge in [-0.2, -0.15) is 0 Å². The van der Waals surface area contributed by atoms with E-state index in [1.54, 1.807) is 36.4 Å². The minimum atomic E-state index is 0.169. The normalized spacial score (nSPS) is 14.5. The highest BCUT2D eigenvalue weighted by Gasteiger charge is 2.27. The summed E-state index contributed by atoms with van der Waals surface area (Å²) in [4.78, 5) is 11.6. The number of ketones is 1. The van der Waals surface area contributed by atoms with Crippen molar-refractivity contribution < 1.29 is 13.9 Å². The first kappa shape index (κ1) is 15.2. The molecule has 0 spiro atoms. The van der Waals surface area contributed by atoms with Gasteiger partial charge in [0.05, 0.1) is 5.02 Å². The van der Waals surface area contributed by atoms with Crippen LogP contribution in [0.15, 0.2) is 40.8 Å². The molecule has 0 bridgehead atoms. The Labute approximate surface area is 138 Å². The summed E-state index contributed by atoms with van der Waals surface area (Å²) in [6.07, 6.45) is 5.28. The largest absolute Gasteiger partial charge is 0.484 e. The zero-order valence-corrected chi connectivity index (χ0v) is 13.2. The third-order valence-electron chi connectivity index (χ3n) is 3.34. The predicted octanol–water partition coefficient (Wildman–Crippen LogP) is 5.16. The van der Waals surface area contributed by atoms with Crippen molar-refractivity contribution in [2.45, 2.75) is 19.4 Å². The van der Waals surface area contributed by atoms with Crippen LogP contribution in [-0.2, 0) is 11.4 Å². The first-order valence-corrected chi connectivity index (χ1v) is 7.76. The van der Waals surface area contributed by atoms with Crippen LogP contribution in [0.1, 0.15) is 24.4 Å². The predicted molar refractivity (Wildman–Crippen MR) is 86.3 cm³/mol. The van der Waals surface area contributed by atoms with Gasteiger partial charge in [0.25, 0.3) is 0 Å². The highest BCUT2D eigenvalue weighted by molar-refractivity contribution is 6.35. The first-order chi connectivity index (χ1) is 10.6. The zero-order chi connectivity index (χ0) is 15.5. The molecule has 22 heavy (non-hydrogen) atoms. The van der Waals surface area contributed by atoms with Crippen LogP contribution in [-0.4, -0.2) is 5.78 Å². The van der Waals surface area contributed by atoms with E-state index in [2.05, 4.69) is 0 Å². The molecular formula is C17H14Cl2O3. The molecule has 0 aliphatic heterocycles. The van der Waals surface area contributed by atoms with Crippen molar-refractivity contribution in [3.05, 3.63) is 58.0 Å². The van der Waals surface area contributed by atoms with Crippen molar-refractivity contribution in [1.29, 1.82) is 0 Å². The molecule has 5 heteroatoms. The van der Waals surface area contributed by atoms with Gasteiger partial charge in [-0.25, -0.2) is 0 Å². The summed E-state index contributed by atoms with van der Waals surface area (Å²) in [6.45, 7) is 0.256. The number of furan rings is 1. The number of allylic oxidation sites excluding steroid dienone is 1. The Morgan fingerprint density at radius 2 is 2.09 bits per heavy atom. The van der Waals surface area contributed by atoms with Gasteiger partial charge < -0.3 is 9.15 Å². The number of benzene rings is 1. The molecule has 0 saturated heterocycles. The lowest BCUT2D eigenvalue weighted by molar-refractivity contribution is -0.115. The first-order valence-electron chi connectivity index (χ1n) is 7.00. The maximum atomic E-state index is 11.6. The Kier molecular flexibility index (Phi) is 4.55. The Hall–Kier alpha value is -1.71. The van der Waals surface area contributed by atoms with Crippen molar-refractivity contribution >= 4 is 35.1 Å². The van der Waals surface area contributed by atoms with Crippen LogP contribution in [0.3, 0.4) is 0 Å². The molecule has 0 unspecified atom stereocenters. The maximum Gasteiger partial charge on any atom is 0.158 e. The van der Waals surface area contributed by atoms with Gasteiger partial charge in [-0.1, -0.05) is 23.2 Å². The summed E-state index contributed by atoms with van der Waals surface area (Å²) < 4.78 is 11.2. The molecule has 114 valence electrons. The molecule has 0 N–H and O–H groups in total. The molecule has 1 heterocycles. The molecule has 1 fully saturated rings. The second-order valence-corrected chi connectivity index (χ2v) is 6.02. The van der Waals surface area contributed by atoms with Gasteiger partial charge in [-0.15, -0.1) is 0 Å². The molecule has 3 rings (SSSR count). The Morgan fingerprint density at radius 1 is 1.27 bits per heavy atom. The molecule has 0 atom stereocenters. The standard InChI is InChI=1S/C17H14Cl2O3/c18-12-3-8-17(15(19)9-12)21-10-14-5-4-13(22-14)6-7-16(20)11-1-2-11/h3-9,11H,1-2,10H2/b7-6+. The zero-order valence-electron chi connectivity index (χ0n) is 11.7. The molecule has 1 saturated carbocycles. The second-order valence-electron chi connectivity index (χ2n) is 5.18. The number of carbonyl (C=O) groups is 1. The number of carbonyl (C=O) groups excluding carboxylic acids is 1. The summed E-state index contributed by atoms with van der Waals surface area (Å²) in [7, 11) is 0. The van der Waals surface area contributed by atoms with Crippen LogP contribution in [0.2, 0.25) is 10.0 Å². The van der Waals surface area contributed by atoms with Gasteiger partial charge in [-0.05, 0) is 55.3 Å². The number of hydrogen-bond acceptors (Lipinski definition) is 3. The highest BCUT2D eigenvalue weighted by Crippen LogP contribution is 2.30. The number of halogens is 2. The second kappa shape index (κ2) is 6.59. The fourth-order valence-corrected chi connectivity index (χ4v) is 2.43. The van der Waals surface area contributed by atoms with Crippen molar-refractivity contribution in [2.24, 2.45) is 5.92 Å². The molecular weight excluding hydrogens is 323 g/mol. The maximum absolute atomic E-state index is 11.6. The van der Waals surface area contributed by atoms with Crippen LogP contribution in [0, 0.1) is 5.92 Å². The van der Waals surface area contributed by atoms with Gasteiger partial charge in [0.1, 0.15) is 23.9 Å². The average molecular weight is 337 g/mol. The molecule has 1 aliphatic rings. The van der Waals surface area contributed by atoms with Crippen molar-refractivity contribution in [2.75, 3.05) is 0 Å². The monoisotopic (exact) mass is 336 g/mol. The Balaban J connectivity index is 1.58. The van der Waals surface area contributed by atoms with Gasteiger partial charge in [-0.3, -0.25) is 4.79 Å². The fourth-order valence-electron chi connectivity index (χ4n) is 1.97. The van der Waals surface area contributed by atoms with Crippen molar-refractivity contribution in [3.63, 3.8) is 0 Å². The molecule has 3 nitrogen and oxygen atoms in total. The third kappa shape index (κ3) is 3.93. The average Bonchev–Trinajstić information content (AvgIpc) is 3.24. The molecule has 0 radical (unpaired) electrons. The van der Waals surface area contributed by atoms with Gasteiger partial charge >= 0.3 is 0 Å². The van der Waals surface area contributed by atoms with Crippen LogP contribution in [0.5, 0.6) is 5.75 Å². The minimum absolute atomic E-state index is 0.169. The van der Waals surface area contributed by atoms with Gasteiger partial charge in [0.2, 0.25) is 0 Å². The van der Waals surface area contributed by atoms with E-state index in [4.69, 9.17) is 32.4 Å². The molecule has 1 aromatic carbocycles.